The third-order valence-corrected chi connectivity index (χ3v) is 6.20. The van der Waals surface area contributed by atoms with E-state index < -0.39 is 23.0 Å². The first-order chi connectivity index (χ1) is 14.8. The lowest BCUT2D eigenvalue weighted by Gasteiger charge is -2.37. The number of ether oxygens (including phenoxy) is 1. The van der Waals surface area contributed by atoms with Crippen LogP contribution in [0, 0.1) is 16.0 Å². The summed E-state index contributed by atoms with van der Waals surface area (Å²) in [5.74, 6) is 0.196. The van der Waals surface area contributed by atoms with Crippen LogP contribution in [0.15, 0.2) is 12.1 Å². The number of anilines is 1. The van der Waals surface area contributed by atoms with Gasteiger partial charge in [0.15, 0.2) is 0 Å². The van der Waals surface area contributed by atoms with E-state index in [0.29, 0.717) is 25.4 Å². The van der Waals surface area contributed by atoms with Crippen LogP contribution in [0.25, 0.3) is 0 Å². The minimum Gasteiger partial charge on any atom is -0.493 e. The molecule has 1 aromatic rings. The molecule has 1 heterocycles. The highest BCUT2D eigenvalue weighted by molar-refractivity contribution is 5.98. The Morgan fingerprint density at radius 3 is 2.58 bits per heavy atom. The summed E-state index contributed by atoms with van der Waals surface area (Å²) in [4.78, 5) is 25.8. The number of hydrogen-bond donors (Lipinski definition) is 4. The van der Waals surface area contributed by atoms with Crippen LogP contribution in [0.3, 0.4) is 0 Å². The molecular formula is C21H32N4O6. The van der Waals surface area contributed by atoms with E-state index in [9.17, 15) is 25.1 Å². The summed E-state index contributed by atoms with van der Waals surface area (Å²) >= 11 is 0. The molecule has 3 unspecified atom stereocenters. The number of piperidine rings is 1. The molecule has 10 nitrogen and oxygen atoms in total. The van der Waals surface area contributed by atoms with Crippen LogP contribution in [0.4, 0.5) is 11.4 Å². The average molecular weight is 437 g/mol. The van der Waals surface area contributed by atoms with Gasteiger partial charge in [0.1, 0.15) is 11.4 Å². The molecule has 5 N–H and O–H groups in total. The third kappa shape index (κ3) is 5.84. The summed E-state index contributed by atoms with van der Waals surface area (Å²) < 4.78 is 5.47. The molecule has 1 saturated carbocycles. The molecule has 1 aliphatic heterocycles. The topological polar surface area (TPSA) is 151 Å². The second kappa shape index (κ2) is 10.3. The minimum absolute atomic E-state index is 0.0337. The fourth-order valence-electron chi connectivity index (χ4n) is 4.46. The van der Waals surface area contributed by atoms with Crippen molar-refractivity contribution in [2.45, 2.75) is 57.3 Å². The second-order valence-corrected chi connectivity index (χ2v) is 8.46. The third-order valence-electron chi connectivity index (χ3n) is 6.20. The van der Waals surface area contributed by atoms with Crippen molar-refractivity contribution in [3.63, 3.8) is 0 Å². The van der Waals surface area contributed by atoms with Crippen LogP contribution in [-0.2, 0) is 0 Å². The van der Waals surface area contributed by atoms with Crippen molar-refractivity contribution in [2.24, 2.45) is 5.92 Å². The predicted molar refractivity (Wildman–Crippen MR) is 115 cm³/mol. The largest absolute Gasteiger partial charge is 0.493 e. The lowest BCUT2D eigenvalue weighted by molar-refractivity contribution is -0.383. The Bertz CT molecular complexity index is 796. The van der Waals surface area contributed by atoms with Gasteiger partial charge >= 0.3 is 0 Å². The number of nitro benzene ring substituents is 1. The normalized spacial score (nSPS) is 25.2. The number of nitrogen functional groups attached to an aromatic ring is 1. The van der Waals surface area contributed by atoms with Crippen molar-refractivity contribution in [3.05, 3.63) is 27.8 Å². The molecule has 1 amide bonds. The van der Waals surface area contributed by atoms with Crippen molar-refractivity contribution in [2.75, 3.05) is 32.0 Å². The van der Waals surface area contributed by atoms with E-state index in [4.69, 9.17) is 10.5 Å². The smallest absolute Gasteiger partial charge is 0.293 e. The summed E-state index contributed by atoms with van der Waals surface area (Å²) in [7, 11) is 0. The van der Waals surface area contributed by atoms with Gasteiger partial charge in [0, 0.05) is 37.8 Å². The summed E-state index contributed by atoms with van der Waals surface area (Å²) in [6.07, 6.45) is 2.45. The van der Waals surface area contributed by atoms with Crippen LogP contribution in [-0.4, -0.2) is 70.4 Å². The second-order valence-electron chi connectivity index (χ2n) is 8.46. The summed E-state index contributed by atoms with van der Waals surface area (Å²) in [6, 6.07) is 2.47. The zero-order valence-corrected chi connectivity index (χ0v) is 17.8. The Kier molecular flexibility index (Phi) is 7.69. The number of aliphatic hydroxyl groups excluding tert-OH is 2. The molecule has 3 rings (SSSR count). The van der Waals surface area contributed by atoms with Crippen LogP contribution in [0.1, 0.15) is 49.4 Å². The van der Waals surface area contributed by atoms with Crippen LogP contribution in [0.2, 0.25) is 0 Å². The van der Waals surface area contributed by atoms with Gasteiger partial charge in [-0.3, -0.25) is 14.9 Å². The first-order valence-electron chi connectivity index (χ1n) is 10.9. The molecule has 0 aromatic heterocycles. The first kappa shape index (κ1) is 23.2. The fourth-order valence-corrected chi connectivity index (χ4v) is 4.46. The number of likely N-dealkylation sites (tertiary alicyclic amines) is 1. The molecule has 1 aliphatic carbocycles. The molecule has 2 aliphatic rings. The van der Waals surface area contributed by atoms with Gasteiger partial charge in [-0.25, -0.2) is 0 Å². The molecule has 10 heteroatoms. The lowest BCUT2D eigenvalue weighted by Crippen LogP contribution is -2.47. The quantitative estimate of drug-likeness (QED) is 0.284. The van der Waals surface area contributed by atoms with Gasteiger partial charge in [0.05, 0.1) is 29.3 Å². The molecule has 31 heavy (non-hydrogen) atoms. The Hall–Kier alpha value is -2.43. The van der Waals surface area contributed by atoms with E-state index in [0.717, 1.165) is 38.9 Å². The van der Waals surface area contributed by atoms with Gasteiger partial charge in [0.25, 0.3) is 11.6 Å². The predicted octanol–water partition coefficient (Wildman–Crippen LogP) is 1.29. The standard InChI is InChI=1S/C21H32N4O6/c1-2-31-20-11-16(22)17(25(29)30)10-15(20)21(28)23-14-5-7-24(8-6-14)12-13-3-4-18(26)19(27)9-13/h10-11,13-14,18-19,26-27H,2-9,12,22H2,1H3,(H,23,28). The minimum atomic E-state index is -0.640. The fraction of sp³-hybridized carbons (Fsp3) is 0.667. The molecule has 172 valence electrons. The number of benzene rings is 1. The molecule has 0 radical (unpaired) electrons. The number of nitrogens with one attached hydrogen (secondary N) is 1. The number of hydrogen-bond acceptors (Lipinski definition) is 8. The number of nitro groups is 1. The van der Waals surface area contributed by atoms with Crippen molar-refractivity contribution < 1.29 is 24.7 Å². The van der Waals surface area contributed by atoms with E-state index in [1.165, 1.54) is 12.1 Å². The van der Waals surface area contributed by atoms with Gasteiger partial charge in [-0.05, 0) is 44.9 Å². The molecule has 0 spiro atoms. The van der Waals surface area contributed by atoms with Crippen LogP contribution in [0.5, 0.6) is 5.75 Å². The Morgan fingerprint density at radius 2 is 1.97 bits per heavy atom. The maximum Gasteiger partial charge on any atom is 0.293 e. The van der Waals surface area contributed by atoms with Gasteiger partial charge in [-0.15, -0.1) is 0 Å². The van der Waals surface area contributed by atoms with Crippen molar-refractivity contribution in [1.29, 1.82) is 0 Å². The Labute approximate surface area is 181 Å². The molecule has 3 atom stereocenters. The van der Waals surface area contributed by atoms with E-state index in [-0.39, 0.29) is 28.7 Å². The summed E-state index contributed by atoms with van der Waals surface area (Å²) in [5.41, 5.74) is 5.48. The number of nitrogens with zero attached hydrogens (tertiary/aromatic N) is 2. The Morgan fingerprint density at radius 1 is 1.26 bits per heavy atom. The highest BCUT2D eigenvalue weighted by Gasteiger charge is 2.30. The zero-order valence-electron chi connectivity index (χ0n) is 17.8. The first-order valence-corrected chi connectivity index (χ1v) is 10.9. The number of rotatable bonds is 7. The van der Waals surface area contributed by atoms with Gasteiger partial charge in [0.2, 0.25) is 0 Å². The Balaban J connectivity index is 1.56. The zero-order chi connectivity index (χ0) is 22.5. The molecule has 1 saturated heterocycles. The maximum absolute atomic E-state index is 12.8. The van der Waals surface area contributed by atoms with Gasteiger partial charge in [-0.2, -0.15) is 0 Å². The SMILES string of the molecule is CCOc1cc(N)c([N+](=O)[O-])cc1C(=O)NC1CCN(CC2CCC(O)C(O)C2)CC1. The van der Waals surface area contributed by atoms with E-state index >= 15 is 0 Å². The highest BCUT2D eigenvalue weighted by Crippen LogP contribution is 2.31. The number of nitrogens with two attached hydrogens (primary N) is 1. The van der Waals surface area contributed by atoms with Crippen molar-refractivity contribution >= 4 is 17.3 Å². The van der Waals surface area contributed by atoms with E-state index in [2.05, 4.69) is 10.2 Å². The number of aliphatic hydroxyl groups is 2. The highest BCUT2D eigenvalue weighted by atomic mass is 16.6. The molecule has 1 aromatic carbocycles. The molecular weight excluding hydrogens is 404 g/mol. The summed E-state index contributed by atoms with van der Waals surface area (Å²) in [5, 5.41) is 33.7. The van der Waals surface area contributed by atoms with Gasteiger partial charge in [-0.1, -0.05) is 0 Å². The number of carbonyl (C=O) groups is 1. The molecule has 2 fully saturated rings. The van der Waals surface area contributed by atoms with E-state index in [1.54, 1.807) is 6.92 Å². The summed E-state index contributed by atoms with van der Waals surface area (Å²) in [6.45, 7) is 4.59. The van der Waals surface area contributed by atoms with Crippen LogP contribution >= 0.6 is 0 Å². The van der Waals surface area contributed by atoms with Crippen molar-refractivity contribution in [3.8, 4) is 5.75 Å². The van der Waals surface area contributed by atoms with Crippen LogP contribution < -0.4 is 15.8 Å². The monoisotopic (exact) mass is 436 g/mol. The van der Waals surface area contributed by atoms with Crippen molar-refractivity contribution in [1.82, 2.24) is 10.2 Å². The lowest BCUT2D eigenvalue weighted by atomic mass is 9.84. The van der Waals surface area contributed by atoms with Gasteiger partial charge < -0.3 is 30.9 Å². The number of carbonyl (C=O) groups excluding carboxylic acids is 1. The van der Waals surface area contributed by atoms with E-state index in [1.807, 2.05) is 0 Å². The maximum atomic E-state index is 12.8. The number of amides is 1. The average Bonchev–Trinajstić information content (AvgIpc) is 2.72. The molecule has 0 bridgehead atoms.